The predicted molar refractivity (Wildman–Crippen MR) is 85.5 cm³/mol. The van der Waals surface area contributed by atoms with Crippen LogP contribution in [0, 0.1) is 5.82 Å². The van der Waals surface area contributed by atoms with Gasteiger partial charge in [-0.2, -0.15) is 0 Å². The number of halogens is 1. The van der Waals surface area contributed by atoms with Crippen LogP contribution in [0.2, 0.25) is 0 Å². The third-order valence-electron chi connectivity index (χ3n) is 3.79. The van der Waals surface area contributed by atoms with Crippen LogP contribution in [-0.4, -0.2) is 29.5 Å². The van der Waals surface area contributed by atoms with Crippen molar-refractivity contribution in [3.63, 3.8) is 0 Å². The Labute approximate surface area is 132 Å². The van der Waals surface area contributed by atoms with Crippen LogP contribution < -0.4 is 10.6 Å². The highest BCUT2D eigenvalue weighted by atomic mass is 32.1. The monoisotopic (exact) mass is 319 g/mol. The Morgan fingerprint density at radius 2 is 2.27 bits per heavy atom. The zero-order valence-electron chi connectivity index (χ0n) is 12.3. The molecule has 22 heavy (non-hydrogen) atoms. The minimum absolute atomic E-state index is 0.126. The lowest BCUT2D eigenvalue weighted by molar-refractivity contribution is 0.0929. The van der Waals surface area contributed by atoms with Gasteiger partial charge >= 0.3 is 0 Å². The second-order valence-corrected chi connectivity index (χ2v) is 6.59. The van der Waals surface area contributed by atoms with Gasteiger partial charge in [-0.25, -0.2) is 9.37 Å². The first kappa shape index (κ1) is 15.1. The van der Waals surface area contributed by atoms with Crippen molar-refractivity contribution in [2.24, 2.45) is 0 Å². The van der Waals surface area contributed by atoms with Crippen LogP contribution >= 0.6 is 11.3 Å². The van der Waals surface area contributed by atoms with Crippen molar-refractivity contribution in [3.8, 4) is 10.6 Å². The molecule has 116 valence electrons. The number of nitrogens with zero attached hydrogens (tertiary/aromatic N) is 1. The number of benzene rings is 1. The summed E-state index contributed by atoms with van der Waals surface area (Å²) in [6.07, 6.45) is 3.37. The van der Waals surface area contributed by atoms with E-state index in [0.29, 0.717) is 21.5 Å². The van der Waals surface area contributed by atoms with Crippen molar-refractivity contribution < 1.29 is 9.18 Å². The Morgan fingerprint density at radius 1 is 1.45 bits per heavy atom. The van der Waals surface area contributed by atoms with Crippen LogP contribution in [-0.2, 0) is 0 Å². The molecule has 1 fully saturated rings. The Morgan fingerprint density at radius 3 is 3.05 bits per heavy atom. The highest BCUT2D eigenvalue weighted by Gasteiger charge is 2.21. The lowest BCUT2D eigenvalue weighted by atomic mass is 10.0. The first-order valence-corrected chi connectivity index (χ1v) is 8.20. The number of amides is 1. The van der Waals surface area contributed by atoms with Crippen molar-refractivity contribution in [2.75, 3.05) is 6.54 Å². The maximum atomic E-state index is 13.8. The van der Waals surface area contributed by atoms with E-state index in [1.165, 1.54) is 23.6 Å². The number of aromatic nitrogens is 1. The molecule has 0 spiro atoms. The normalized spacial score (nSPS) is 21.5. The van der Waals surface area contributed by atoms with Gasteiger partial charge in [-0.15, -0.1) is 11.3 Å². The number of hydrogen-bond donors (Lipinski definition) is 2. The maximum Gasteiger partial charge on any atom is 0.263 e. The molecular weight excluding hydrogens is 301 g/mol. The van der Waals surface area contributed by atoms with Crippen LogP contribution in [0.5, 0.6) is 0 Å². The van der Waals surface area contributed by atoms with Gasteiger partial charge in [0.25, 0.3) is 5.91 Å². The number of hydrogen-bond acceptors (Lipinski definition) is 4. The van der Waals surface area contributed by atoms with E-state index < -0.39 is 0 Å². The minimum atomic E-state index is -0.323. The Kier molecular flexibility index (Phi) is 4.49. The minimum Gasteiger partial charge on any atom is -0.348 e. The summed E-state index contributed by atoms with van der Waals surface area (Å²) in [5.74, 6) is -0.449. The summed E-state index contributed by atoms with van der Waals surface area (Å²) in [6.45, 7) is 3.02. The second kappa shape index (κ2) is 6.54. The van der Waals surface area contributed by atoms with Gasteiger partial charge in [-0.3, -0.25) is 4.79 Å². The van der Waals surface area contributed by atoms with Gasteiger partial charge in [-0.05, 0) is 38.4 Å². The van der Waals surface area contributed by atoms with Gasteiger partial charge in [-0.1, -0.05) is 12.1 Å². The third-order valence-corrected chi connectivity index (χ3v) is 4.82. The molecule has 2 aromatic rings. The first-order chi connectivity index (χ1) is 10.6. The summed E-state index contributed by atoms with van der Waals surface area (Å²) in [6, 6.07) is 7.06. The molecule has 1 amide bonds. The Bertz CT molecular complexity index is 673. The summed E-state index contributed by atoms with van der Waals surface area (Å²) in [7, 11) is 0. The van der Waals surface area contributed by atoms with Crippen LogP contribution in [0.4, 0.5) is 4.39 Å². The summed E-state index contributed by atoms with van der Waals surface area (Å²) >= 11 is 1.22. The van der Waals surface area contributed by atoms with E-state index in [9.17, 15) is 9.18 Å². The van der Waals surface area contributed by atoms with Gasteiger partial charge in [0, 0.05) is 17.6 Å². The fourth-order valence-corrected chi connectivity index (χ4v) is 3.50. The second-order valence-electron chi connectivity index (χ2n) is 5.56. The Balaban J connectivity index is 1.71. The van der Waals surface area contributed by atoms with Gasteiger partial charge in [0.2, 0.25) is 0 Å². The molecule has 1 aliphatic heterocycles. The summed E-state index contributed by atoms with van der Waals surface area (Å²) in [4.78, 5) is 17.0. The summed E-state index contributed by atoms with van der Waals surface area (Å²) in [5, 5.41) is 6.93. The van der Waals surface area contributed by atoms with Gasteiger partial charge in [0.15, 0.2) is 0 Å². The van der Waals surface area contributed by atoms with Crippen LogP contribution in [0.3, 0.4) is 0 Å². The quantitative estimate of drug-likeness (QED) is 0.915. The summed E-state index contributed by atoms with van der Waals surface area (Å²) in [5.41, 5.74) is 0.432. The zero-order chi connectivity index (χ0) is 15.5. The fourth-order valence-electron chi connectivity index (χ4n) is 2.66. The van der Waals surface area contributed by atoms with E-state index in [1.807, 2.05) is 0 Å². The maximum absolute atomic E-state index is 13.8. The fraction of sp³-hybridized carbons (Fsp3) is 0.375. The standard InChI is InChI=1S/C16H18FN3OS/c1-10-8-11(6-7-18-10)20-15(21)14-9-19-16(22-14)12-4-2-3-5-13(12)17/h2-5,9-11,18H,6-8H2,1H3,(H,20,21). The van der Waals surface area contributed by atoms with Crippen LogP contribution in [0.15, 0.2) is 30.5 Å². The average molecular weight is 319 g/mol. The van der Waals surface area contributed by atoms with Crippen LogP contribution in [0.1, 0.15) is 29.4 Å². The third kappa shape index (κ3) is 3.34. The smallest absolute Gasteiger partial charge is 0.263 e. The van der Waals surface area contributed by atoms with E-state index in [-0.39, 0.29) is 17.8 Å². The van der Waals surface area contributed by atoms with E-state index >= 15 is 0 Å². The highest BCUT2D eigenvalue weighted by Crippen LogP contribution is 2.27. The topological polar surface area (TPSA) is 54.0 Å². The number of carbonyl (C=O) groups excluding carboxylic acids is 1. The zero-order valence-corrected chi connectivity index (χ0v) is 13.1. The lowest BCUT2D eigenvalue weighted by Gasteiger charge is -2.28. The van der Waals surface area contributed by atoms with Crippen molar-refractivity contribution in [3.05, 3.63) is 41.2 Å². The molecule has 0 radical (unpaired) electrons. The van der Waals surface area contributed by atoms with Gasteiger partial charge in [0.1, 0.15) is 15.7 Å². The van der Waals surface area contributed by atoms with Gasteiger partial charge < -0.3 is 10.6 Å². The highest BCUT2D eigenvalue weighted by molar-refractivity contribution is 7.16. The average Bonchev–Trinajstić information content (AvgIpc) is 2.97. The molecule has 2 unspecified atom stereocenters. The molecule has 0 bridgehead atoms. The number of rotatable bonds is 3. The number of piperidine rings is 1. The van der Waals surface area contributed by atoms with Crippen molar-refractivity contribution >= 4 is 17.2 Å². The molecule has 6 heteroatoms. The number of carbonyl (C=O) groups is 1. The molecule has 1 aliphatic rings. The van der Waals surface area contributed by atoms with E-state index in [0.717, 1.165) is 19.4 Å². The van der Waals surface area contributed by atoms with Crippen molar-refractivity contribution in [1.29, 1.82) is 0 Å². The molecule has 1 aromatic carbocycles. The van der Waals surface area contributed by atoms with Gasteiger partial charge in [0.05, 0.1) is 6.20 Å². The molecule has 2 heterocycles. The van der Waals surface area contributed by atoms with Crippen molar-refractivity contribution in [2.45, 2.75) is 31.8 Å². The molecule has 3 rings (SSSR count). The Hall–Kier alpha value is -1.79. The number of thiazole rings is 1. The molecule has 0 aliphatic carbocycles. The molecule has 1 saturated heterocycles. The van der Waals surface area contributed by atoms with Crippen molar-refractivity contribution in [1.82, 2.24) is 15.6 Å². The molecule has 1 aromatic heterocycles. The predicted octanol–water partition coefficient (Wildman–Crippen LogP) is 2.82. The SMILES string of the molecule is CC1CC(NC(=O)c2cnc(-c3ccccc3F)s2)CCN1. The largest absolute Gasteiger partial charge is 0.348 e. The lowest BCUT2D eigenvalue weighted by Crippen LogP contribution is -2.46. The van der Waals surface area contributed by atoms with E-state index in [1.54, 1.807) is 18.2 Å². The molecular formula is C16H18FN3OS. The molecule has 0 saturated carbocycles. The van der Waals surface area contributed by atoms with E-state index in [4.69, 9.17) is 0 Å². The molecule has 2 N–H and O–H groups in total. The summed E-state index contributed by atoms with van der Waals surface area (Å²) < 4.78 is 13.8. The molecule has 4 nitrogen and oxygen atoms in total. The van der Waals surface area contributed by atoms with Crippen LogP contribution in [0.25, 0.3) is 10.6 Å². The van der Waals surface area contributed by atoms with E-state index in [2.05, 4.69) is 22.5 Å². The molecule has 2 atom stereocenters. The number of nitrogens with one attached hydrogen (secondary N) is 2. The first-order valence-electron chi connectivity index (χ1n) is 7.38.